The molecule has 0 aliphatic rings. The maximum absolute atomic E-state index is 5.79. The molecule has 2 heteroatoms. The lowest BCUT2D eigenvalue weighted by molar-refractivity contribution is 0.483. The van der Waals surface area contributed by atoms with Crippen LogP contribution >= 0.6 is 22.6 Å². The van der Waals surface area contributed by atoms with Crippen LogP contribution in [0.1, 0.15) is 0 Å². The molecule has 3 aromatic rings. The molecule has 0 saturated heterocycles. The summed E-state index contributed by atoms with van der Waals surface area (Å²) in [5, 5.41) is 0. The molecule has 0 aliphatic heterocycles. The normalized spacial score (nSPS) is 10.2. The molecule has 0 fully saturated rings. The van der Waals surface area contributed by atoms with Gasteiger partial charge in [0.05, 0.1) is 0 Å². The standard InChI is InChI=1S/C18H13IO/c19-16-10-6-14(7-11-16)15-8-12-18(13-9-15)20-17-4-2-1-3-5-17/h1-13H. The van der Waals surface area contributed by atoms with Crippen LogP contribution in [-0.4, -0.2) is 0 Å². The molecule has 0 N–H and O–H groups in total. The first-order chi connectivity index (χ1) is 9.81. The number of ether oxygens (including phenoxy) is 1. The van der Waals surface area contributed by atoms with Crippen LogP contribution in [-0.2, 0) is 0 Å². The first-order valence-corrected chi connectivity index (χ1v) is 7.48. The van der Waals surface area contributed by atoms with Crippen molar-refractivity contribution in [3.05, 3.63) is 82.4 Å². The van der Waals surface area contributed by atoms with Gasteiger partial charge in [0.25, 0.3) is 0 Å². The van der Waals surface area contributed by atoms with E-state index in [2.05, 4.69) is 59.0 Å². The molecule has 0 unspecified atom stereocenters. The van der Waals surface area contributed by atoms with Crippen molar-refractivity contribution in [1.29, 1.82) is 0 Å². The van der Waals surface area contributed by atoms with Crippen LogP contribution in [0.3, 0.4) is 0 Å². The van der Waals surface area contributed by atoms with E-state index in [0.717, 1.165) is 11.5 Å². The van der Waals surface area contributed by atoms with Gasteiger partial charge >= 0.3 is 0 Å². The third-order valence-electron chi connectivity index (χ3n) is 3.01. The largest absolute Gasteiger partial charge is 0.457 e. The minimum Gasteiger partial charge on any atom is -0.457 e. The summed E-state index contributed by atoms with van der Waals surface area (Å²) in [7, 11) is 0. The molecule has 0 atom stereocenters. The Hall–Kier alpha value is -1.81. The van der Waals surface area contributed by atoms with Gasteiger partial charge in [-0.2, -0.15) is 0 Å². The van der Waals surface area contributed by atoms with E-state index >= 15 is 0 Å². The van der Waals surface area contributed by atoms with E-state index in [1.54, 1.807) is 0 Å². The minimum absolute atomic E-state index is 0.852. The molecule has 0 aliphatic carbocycles. The Balaban J connectivity index is 1.79. The molecular formula is C18H13IO. The van der Waals surface area contributed by atoms with Crippen LogP contribution in [0.5, 0.6) is 11.5 Å². The van der Waals surface area contributed by atoms with Gasteiger partial charge in [0.1, 0.15) is 11.5 Å². The second-order valence-electron chi connectivity index (χ2n) is 4.45. The predicted octanol–water partition coefficient (Wildman–Crippen LogP) is 5.75. The Morgan fingerprint density at radius 1 is 0.550 bits per heavy atom. The zero-order valence-electron chi connectivity index (χ0n) is 10.8. The zero-order chi connectivity index (χ0) is 13.8. The number of rotatable bonds is 3. The fourth-order valence-electron chi connectivity index (χ4n) is 1.98. The first-order valence-electron chi connectivity index (χ1n) is 6.40. The van der Waals surface area contributed by atoms with Crippen molar-refractivity contribution in [2.24, 2.45) is 0 Å². The van der Waals surface area contributed by atoms with Crippen molar-refractivity contribution in [2.45, 2.75) is 0 Å². The molecule has 98 valence electrons. The van der Waals surface area contributed by atoms with E-state index in [1.807, 2.05) is 42.5 Å². The van der Waals surface area contributed by atoms with Crippen LogP contribution < -0.4 is 4.74 Å². The number of benzene rings is 3. The van der Waals surface area contributed by atoms with Gasteiger partial charge in [-0.05, 0) is 70.1 Å². The minimum atomic E-state index is 0.852. The van der Waals surface area contributed by atoms with Crippen molar-refractivity contribution in [1.82, 2.24) is 0 Å². The lowest BCUT2D eigenvalue weighted by atomic mass is 10.1. The second kappa shape index (κ2) is 6.09. The topological polar surface area (TPSA) is 9.23 Å². The lowest BCUT2D eigenvalue weighted by Gasteiger charge is -2.07. The molecule has 20 heavy (non-hydrogen) atoms. The molecule has 3 aromatic carbocycles. The van der Waals surface area contributed by atoms with Gasteiger partial charge in [-0.15, -0.1) is 0 Å². The molecule has 3 rings (SSSR count). The van der Waals surface area contributed by atoms with Crippen molar-refractivity contribution in [3.8, 4) is 22.6 Å². The van der Waals surface area contributed by atoms with E-state index in [9.17, 15) is 0 Å². The summed E-state index contributed by atoms with van der Waals surface area (Å²) in [6.07, 6.45) is 0. The van der Waals surface area contributed by atoms with Gasteiger partial charge in [0.2, 0.25) is 0 Å². The van der Waals surface area contributed by atoms with Gasteiger partial charge < -0.3 is 4.74 Å². The van der Waals surface area contributed by atoms with Crippen molar-refractivity contribution < 1.29 is 4.74 Å². The molecule has 0 radical (unpaired) electrons. The third kappa shape index (κ3) is 3.20. The highest BCUT2D eigenvalue weighted by atomic mass is 127. The summed E-state index contributed by atoms with van der Waals surface area (Å²) >= 11 is 2.31. The number of halogens is 1. The van der Waals surface area contributed by atoms with Crippen molar-refractivity contribution in [3.63, 3.8) is 0 Å². The quantitative estimate of drug-likeness (QED) is 0.532. The highest BCUT2D eigenvalue weighted by Gasteiger charge is 2.00. The molecule has 0 spiro atoms. The predicted molar refractivity (Wildman–Crippen MR) is 91.1 cm³/mol. The van der Waals surface area contributed by atoms with Crippen molar-refractivity contribution in [2.75, 3.05) is 0 Å². The summed E-state index contributed by atoms with van der Waals surface area (Å²) in [5.74, 6) is 1.71. The van der Waals surface area contributed by atoms with Crippen LogP contribution in [0, 0.1) is 3.57 Å². The zero-order valence-corrected chi connectivity index (χ0v) is 12.9. The maximum Gasteiger partial charge on any atom is 0.127 e. The molecule has 0 aromatic heterocycles. The van der Waals surface area contributed by atoms with Crippen LogP contribution in [0.2, 0.25) is 0 Å². The van der Waals surface area contributed by atoms with Crippen LogP contribution in [0.4, 0.5) is 0 Å². The maximum atomic E-state index is 5.79. The van der Waals surface area contributed by atoms with Gasteiger partial charge in [-0.25, -0.2) is 0 Å². The average Bonchev–Trinajstić information content (AvgIpc) is 2.50. The molecule has 0 amide bonds. The SMILES string of the molecule is Ic1ccc(-c2ccc(Oc3ccccc3)cc2)cc1. The highest BCUT2D eigenvalue weighted by Crippen LogP contribution is 2.26. The van der Waals surface area contributed by atoms with Crippen LogP contribution in [0.25, 0.3) is 11.1 Å². The summed E-state index contributed by atoms with van der Waals surface area (Å²) in [6, 6.07) is 26.5. The summed E-state index contributed by atoms with van der Waals surface area (Å²) in [4.78, 5) is 0. The molecule has 1 nitrogen and oxygen atoms in total. The van der Waals surface area contributed by atoms with E-state index in [-0.39, 0.29) is 0 Å². The number of hydrogen-bond acceptors (Lipinski definition) is 1. The molecule has 0 heterocycles. The molecule has 0 saturated carbocycles. The first kappa shape index (κ1) is 13.2. The Kier molecular flexibility index (Phi) is 4.02. The van der Waals surface area contributed by atoms with E-state index in [1.165, 1.54) is 14.7 Å². The van der Waals surface area contributed by atoms with Gasteiger partial charge in [0.15, 0.2) is 0 Å². The van der Waals surface area contributed by atoms with Crippen molar-refractivity contribution >= 4 is 22.6 Å². The van der Waals surface area contributed by atoms with E-state index in [0.29, 0.717) is 0 Å². The summed E-state index contributed by atoms with van der Waals surface area (Å²) in [5.41, 5.74) is 2.42. The van der Waals surface area contributed by atoms with Crippen LogP contribution in [0.15, 0.2) is 78.9 Å². The van der Waals surface area contributed by atoms with E-state index < -0.39 is 0 Å². The second-order valence-corrected chi connectivity index (χ2v) is 5.69. The lowest BCUT2D eigenvalue weighted by Crippen LogP contribution is -1.84. The van der Waals surface area contributed by atoms with Gasteiger partial charge in [-0.1, -0.05) is 42.5 Å². The number of hydrogen-bond donors (Lipinski definition) is 0. The Morgan fingerprint density at radius 2 is 1.05 bits per heavy atom. The highest BCUT2D eigenvalue weighted by molar-refractivity contribution is 14.1. The smallest absolute Gasteiger partial charge is 0.127 e. The van der Waals surface area contributed by atoms with E-state index in [4.69, 9.17) is 4.74 Å². The molecule has 0 bridgehead atoms. The molecular weight excluding hydrogens is 359 g/mol. The third-order valence-corrected chi connectivity index (χ3v) is 3.73. The fourth-order valence-corrected chi connectivity index (χ4v) is 2.34. The van der Waals surface area contributed by atoms with Gasteiger partial charge in [0, 0.05) is 3.57 Å². The van der Waals surface area contributed by atoms with Gasteiger partial charge in [-0.3, -0.25) is 0 Å². The monoisotopic (exact) mass is 372 g/mol. The Morgan fingerprint density at radius 3 is 1.65 bits per heavy atom. The Labute approximate surface area is 132 Å². The summed E-state index contributed by atoms with van der Waals surface area (Å²) < 4.78 is 7.03. The number of para-hydroxylation sites is 1. The summed E-state index contributed by atoms with van der Waals surface area (Å²) in [6.45, 7) is 0. The Bertz CT molecular complexity index is 673. The average molecular weight is 372 g/mol. The fraction of sp³-hybridized carbons (Fsp3) is 0.